The van der Waals surface area contributed by atoms with Gasteiger partial charge in [-0.3, -0.25) is 9.69 Å². The predicted octanol–water partition coefficient (Wildman–Crippen LogP) is 2.62. The van der Waals surface area contributed by atoms with E-state index in [1.807, 2.05) is 44.2 Å². The van der Waals surface area contributed by atoms with Gasteiger partial charge in [0.15, 0.2) is 0 Å². The Morgan fingerprint density at radius 1 is 1.40 bits per heavy atom. The zero-order chi connectivity index (χ0) is 17.6. The number of nitrogens with zero attached hydrogens (tertiary/aromatic N) is 2. The number of carbonyl (C=O) groups is 1. The first kappa shape index (κ1) is 17.5. The van der Waals surface area contributed by atoms with E-state index >= 15 is 0 Å². The Morgan fingerprint density at radius 3 is 3.04 bits per heavy atom. The highest BCUT2D eigenvalue weighted by molar-refractivity contribution is 5.78. The van der Waals surface area contributed by atoms with Crippen LogP contribution in [-0.4, -0.2) is 42.2 Å². The fraction of sp³-hybridized carbons (Fsp3) is 0.474. The second-order valence-corrected chi connectivity index (χ2v) is 6.51. The normalized spacial score (nSPS) is 17.6. The molecule has 0 saturated carbocycles. The van der Waals surface area contributed by atoms with Gasteiger partial charge in [0.05, 0.1) is 19.1 Å². The number of ether oxygens (including phenoxy) is 1. The molecule has 1 aromatic heterocycles. The molecule has 3 rings (SSSR count). The van der Waals surface area contributed by atoms with E-state index in [1.54, 1.807) is 0 Å². The summed E-state index contributed by atoms with van der Waals surface area (Å²) in [5.74, 6) is 1.65. The summed E-state index contributed by atoms with van der Waals surface area (Å²) < 4.78 is 10.8. The number of aryl methyl sites for hydroxylation is 2. The summed E-state index contributed by atoms with van der Waals surface area (Å²) in [6.45, 7) is 6.15. The van der Waals surface area contributed by atoms with E-state index < -0.39 is 0 Å². The van der Waals surface area contributed by atoms with Crippen molar-refractivity contribution in [3.8, 4) is 5.75 Å². The molecule has 1 atom stereocenters. The van der Waals surface area contributed by atoms with E-state index in [9.17, 15) is 4.79 Å². The van der Waals surface area contributed by atoms with Gasteiger partial charge in [-0.1, -0.05) is 17.3 Å². The van der Waals surface area contributed by atoms with Gasteiger partial charge >= 0.3 is 0 Å². The summed E-state index contributed by atoms with van der Waals surface area (Å²) in [5.41, 5.74) is 2.08. The van der Waals surface area contributed by atoms with Crippen molar-refractivity contribution in [1.82, 2.24) is 15.4 Å². The van der Waals surface area contributed by atoms with Crippen LogP contribution in [0.5, 0.6) is 5.75 Å². The Hall–Kier alpha value is -2.34. The number of amides is 1. The summed E-state index contributed by atoms with van der Waals surface area (Å²) in [5, 5.41) is 7.03. The monoisotopic (exact) mass is 343 g/mol. The van der Waals surface area contributed by atoms with Gasteiger partial charge in [-0.05, 0) is 50.9 Å². The third kappa shape index (κ3) is 4.82. The first-order valence-corrected chi connectivity index (χ1v) is 8.75. The molecule has 1 saturated heterocycles. The van der Waals surface area contributed by atoms with Crippen molar-refractivity contribution in [2.45, 2.75) is 32.7 Å². The standard InChI is InChI=1S/C19H25N3O3/c1-14-5-3-6-16(11-14)24-10-8-20-19(23)13-22-9-4-7-18(22)17-12-15(2)25-21-17/h3,5-6,11-12,18H,4,7-10,13H2,1-2H3,(H,20,23). The molecule has 134 valence electrons. The lowest BCUT2D eigenvalue weighted by molar-refractivity contribution is -0.122. The molecule has 0 spiro atoms. The molecule has 0 radical (unpaired) electrons. The Morgan fingerprint density at radius 2 is 2.28 bits per heavy atom. The molecule has 1 aliphatic heterocycles. The molecule has 1 amide bonds. The minimum Gasteiger partial charge on any atom is -0.492 e. The van der Waals surface area contributed by atoms with E-state index in [2.05, 4.69) is 15.4 Å². The van der Waals surface area contributed by atoms with E-state index in [0.29, 0.717) is 19.7 Å². The number of hydrogen-bond acceptors (Lipinski definition) is 5. The molecule has 2 heterocycles. The molecule has 1 N–H and O–H groups in total. The second-order valence-electron chi connectivity index (χ2n) is 6.51. The molecule has 25 heavy (non-hydrogen) atoms. The van der Waals surface area contributed by atoms with Gasteiger partial charge in [0, 0.05) is 6.07 Å². The minimum atomic E-state index is 0.0139. The minimum absolute atomic E-state index is 0.0139. The highest BCUT2D eigenvalue weighted by Crippen LogP contribution is 2.30. The zero-order valence-corrected chi connectivity index (χ0v) is 14.8. The maximum Gasteiger partial charge on any atom is 0.234 e. The third-order valence-corrected chi connectivity index (χ3v) is 4.38. The van der Waals surface area contributed by atoms with Crippen molar-refractivity contribution in [1.29, 1.82) is 0 Å². The van der Waals surface area contributed by atoms with Gasteiger partial charge in [0.2, 0.25) is 5.91 Å². The molecule has 1 unspecified atom stereocenters. The topological polar surface area (TPSA) is 67.6 Å². The van der Waals surface area contributed by atoms with Gasteiger partial charge < -0.3 is 14.6 Å². The molecule has 1 aliphatic rings. The molecule has 0 bridgehead atoms. The lowest BCUT2D eigenvalue weighted by atomic mass is 10.1. The highest BCUT2D eigenvalue weighted by Gasteiger charge is 2.29. The van der Waals surface area contributed by atoms with E-state index in [-0.39, 0.29) is 11.9 Å². The van der Waals surface area contributed by atoms with Crippen LogP contribution >= 0.6 is 0 Å². The van der Waals surface area contributed by atoms with Crippen LogP contribution in [0.2, 0.25) is 0 Å². The second kappa shape index (κ2) is 8.16. The van der Waals surface area contributed by atoms with Gasteiger partial charge in [0.1, 0.15) is 23.8 Å². The van der Waals surface area contributed by atoms with Crippen LogP contribution in [0.25, 0.3) is 0 Å². The Labute approximate surface area is 148 Å². The van der Waals surface area contributed by atoms with Crippen LogP contribution in [0, 0.1) is 13.8 Å². The van der Waals surface area contributed by atoms with Crippen molar-refractivity contribution in [3.63, 3.8) is 0 Å². The van der Waals surface area contributed by atoms with Crippen molar-refractivity contribution < 1.29 is 14.1 Å². The quantitative estimate of drug-likeness (QED) is 0.783. The Balaban J connectivity index is 1.41. The number of likely N-dealkylation sites (tertiary alicyclic amines) is 1. The molecule has 6 nitrogen and oxygen atoms in total. The summed E-state index contributed by atoms with van der Waals surface area (Å²) in [6.07, 6.45) is 2.08. The van der Waals surface area contributed by atoms with Gasteiger partial charge in [-0.2, -0.15) is 0 Å². The number of nitrogens with one attached hydrogen (secondary N) is 1. The number of benzene rings is 1. The van der Waals surface area contributed by atoms with Crippen LogP contribution in [-0.2, 0) is 4.79 Å². The lowest BCUT2D eigenvalue weighted by Crippen LogP contribution is -2.38. The van der Waals surface area contributed by atoms with Gasteiger partial charge in [-0.25, -0.2) is 0 Å². The van der Waals surface area contributed by atoms with E-state index in [1.165, 1.54) is 0 Å². The summed E-state index contributed by atoms with van der Waals surface area (Å²) >= 11 is 0. The van der Waals surface area contributed by atoms with Gasteiger partial charge in [0.25, 0.3) is 0 Å². The predicted molar refractivity (Wildman–Crippen MR) is 94.5 cm³/mol. The Kier molecular flexibility index (Phi) is 5.71. The highest BCUT2D eigenvalue weighted by atomic mass is 16.5. The number of hydrogen-bond donors (Lipinski definition) is 1. The van der Waals surface area contributed by atoms with Crippen LogP contribution in [0.15, 0.2) is 34.9 Å². The first-order valence-electron chi connectivity index (χ1n) is 8.75. The lowest BCUT2D eigenvalue weighted by Gasteiger charge is -2.21. The maximum atomic E-state index is 12.2. The van der Waals surface area contributed by atoms with Crippen LogP contribution in [0.1, 0.15) is 35.9 Å². The third-order valence-electron chi connectivity index (χ3n) is 4.38. The summed E-state index contributed by atoms with van der Waals surface area (Å²) in [7, 11) is 0. The first-order chi connectivity index (χ1) is 12.1. The van der Waals surface area contributed by atoms with Crippen molar-refractivity contribution >= 4 is 5.91 Å². The van der Waals surface area contributed by atoms with Crippen LogP contribution in [0.3, 0.4) is 0 Å². The summed E-state index contributed by atoms with van der Waals surface area (Å²) in [6, 6.07) is 10.0. The molecule has 1 fully saturated rings. The van der Waals surface area contributed by atoms with E-state index in [4.69, 9.17) is 9.26 Å². The largest absolute Gasteiger partial charge is 0.492 e. The molecule has 0 aliphatic carbocycles. The van der Waals surface area contributed by atoms with Crippen LogP contribution in [0.4, 0.5) is 0 Å². The fourth-order valence-electron chi connectivity index (χ4n) is 3.20. The number of carbonyl (C=O) groups excluding carboxylic acids is 1. The fourth-order valence-corrected chi connectivity index (χ4v) is 3.20. The van der Waals surface area contributed by atoms with Crippen LogP contribution < -0.4 is 10.1 Å². The van der Waals surface area contributed by atoms with Crippen molar-refractivity contribution in [3.05, 3.63) is 47.3 Å². The van der Waals surface area contributed by atoms with Gasteiger partial charge in [-0.15, -0.1) is 0 Å². The number of aromatic nitrogens is 1. The maximum absolute atomic E-state index is 12.2. The molecular formula is C19H25N3O3. The van der Waals surface area contributed by atoms with Crippen molar-refractivity contribution in [2.75, 3.05) is 26.2 Å². The molecule has 2 aromatic rings. The van der Waals surface area contributed by atoms with E-state index in [0.717, 1.165) is 42.2 Å². The smallest absolute Gasteiger partial charge is 0.234 e. The SMILES string of the molecule is Cc1cccc(OCCNC(=O)CN2CCCC2c2cc(C)on2)c1. The van der Waals surface area contributed by atoms with Crippen molar-refractivity contribution in [2.24, 2.45) is 0 Å². The molecule has 1 aromatic carbocycles. The average Bonchev–Trinajstić information content (AvgIpc) is 3.20. The molecular weight excluding hydrogens is 318 g/mol. The number of rotatable bonds is 7. The molecule has 6 heteroatoms. The average molecular weight is 343 g/mol. The Bertz CT molecular complexity index is 713. The zero-order valence-electron chi connectivity index (χ0n) is 14.8. The summed E-state index contributed by atoms with van der Waals surface area (Å²) in [4.78, 5) is 14.4.